The summed E-state index contributed by atoms with van der Waals surface area (Å²) in [5.74, 6) is -14.3. The fourth-order valence-electron chi connectivity index (χ4n) is 0.865. The Morgan fingerprint density at radius 3 is 1.65 bits per heavy atom. The van der Waals surface area contributed by atoms with Gasteiger partial charge >= 0.3 is 17.5 Å². The zero-order valence-corrected chi connectivity index (χ0v) is 9.68. The Labute approximate surface area is 108 Å². The molecule has 1 unspecified atom stereocenters. The minimum absolute atomic E-state index is 2.01. The van der Waals surface area contributed by atoms with E-state index in [4.69, 9.17) is 0 Å². The Morgan fingerprint density at radius 2 is 1.25 bits per heavy atom. The van der Waals surface area contributed by atoms with E-state index in [2.05, 4.69) is 8.37 Å². The molecule has 20 heavy (non-hydrogen) atoms. The quantitative estimate of drug-likeness (QED) is 0.484. The number of alkyl halides is 3. The Kier molecular flexibility index (Phi) is 4.91. The summed E-state index contributed by atoms with van der Waals surface area (Å²) in [7, 11) is 0. The zero-order chi connectivity index (χ0) is 15.7. The van der Waals surface area contributed by atoms with Crippen molar-refractivity contribution >= 4 is 11.4 Å². The van der Waals surface area contributed by atoms with E-state index in [-0.39, 0.29) is 0 Å². The van der Waals surface area contributed by atoms with Crippen molar-refractivity contribution in [2.45, 2.75) is 6.18 Å². The van der Waals surface area contributed by atoms with Gasteiger partial charge in [-0.25, -0.2) is 17.4 Å². The van der Waals surface area contributed by atoms with Gasteiger partial charge in [0.05, 0.1) is 0 Å². The van der Waals surface area contributed by atoms with E-state index in [9.17, 15) is 39.3 Å². The molecule has 0 saturated carbocycles. The minimum atomic E-state index is -4.94. The Bertz CT molecular complexity index is 514. The molecular weight excluding hydrogens is 328 g/mol. The molecule has 0 saturated heterocycles. The van der Waals surface area contributed by atoms with Crippen molar-refractivity contribution in [1.29, 1.82) is 0 Å². The van der Waals surface area contributed by atoms with Crippen molar-refractivity contribution in [2.75, 3.05) is 6.61 Å². The summed E-state index contributed by atoms with van der Waals surface area (Å²) < 4.78 is 117. The van der Waals surface area contributed by atoms with Crippen LogP contribution in [-0.4, -0.2) is 17.0 Å². The topological polar surface area (TPSA) is 35.5 Å². The second kappa shape index (κ2) is 5.91. The molecule has 0 fully saturated rings. The van der Waals surface area contributed by atoms with Crippen molar-refractivity contribution < 1.29 is 47.7 Å². The van der Waals surface area contributed by atoms with Gasteiger partial charge in [0.1, 0.15) is 0 Å². The molecule has 0 radical (unpaired) electrons. The van der Waals surface area contributed by atoms with Gasteiger partial charge in [-0.3, -0.25) is 0 Å². The van der Waals surface area contributed by atoms with Gasteiger partial charge in [0.25, 0.3) is 0 Å². The number of halogens is 8. The monoisotopic (exact) mass is 330 g/mol. The van der Waals surface area contributed by atoms with Crippen LogP contribution in [0.2, 0.25) is 0 Å². The van der Waals surface area contributed by atoms with Gasteiger partial charge in [-0.1, -0.05) is 0 Å². The van der Waals surface area contributed by atoms with E-state index in [1.807, 2.05) is 0 Å². The van der Waals surface area contributed by atoms with Gasteiger partial charge in [-0.2, -0.15) is 26.2 Å². The van der Waals surface area contributed by atoms with E-state index in [0.717, 1.165) is 0 Å². The summed E-state index contributed by atoms with van der Waals surface area (Å²) in [6, 6.07) is 0. The highest BCUT2D eigenvalue weighted by Gasteiger charge is 2.32. The smallest absolute Gasteiger partial charge is 0.373 e. The highest BCUT2D eigenvalue weighted by atomic mass is 32.2. The second-order valence-corrected chi connectivity index (χ2v) is 3.87. The lowest BCUT2D eigenvalue weighted by molar-refractivity contribution is -0.152. The number of hydrogen-bond donors (Lipinski definition) is 0. The van der Waals surface area contributed by atoms with Crippen LogP contribution in [0.25, 0.3) is 0 Å². The molecule has 0 amide bonds. The third kappa shape index (κ3) is 3.79. The Hall–Kier alpha value is -1.43. The van der Waals surface area contributed by atoms with Gasteiger partial charge in [0.2, 0.25) is 34.8 Å². The first-order valence-electron chi connectivity index (χ1n) is 4.36. The maximum Gasteiger partial charge on any atom is 0.413 e. The third-order valence-electron chi connectivity index (χ3n) is 1.64. The molecule has 114 valence electrons. The van der Waals surface area contributed by atoms with Crippen LogP contribution in [0.1, 0.15) is 0 Å². The molecule has 0 bridgehead atoms. The van der Waals surface area contributed by atoms with Gasteiger partial charge in [-0.05, 0) is 0 Å². The van der Waals surface area contributed by atoms with Gasteiger partial charge in [0.15, 0.2) is 6.61 Å². The van der Waals surface area contributed by atoms with E-state index < -0.39 is 59.0 Å². The van der Waals surface area contributed by atoms with Crippen LogP contribution in [0.15, 0.2) is 0 Å². The van der Waals surface area contributed by atoms with Crippen molar-refractivity contribution in [3.8, 4) is 5.75 Å². The molecule has 0 spiro atoms. The van der Waals surface area contributed by atoms with Crippen molar-refractivity contribution in [1.82, 2.24) is 0 Å². The summed E-state index contributed by atoms with van der Waals surface area (Å²) in [4.78, 5) is 0. The number of hydrogen-bond acceptors (Lipinski definition) is 3. The first-order valence-corrected chi connectivity index (χ1v) is 5.36. The van der Waals surface area contributed by atoms with Crippen LogP contribution >= 0.6 is 0 Å². The van der Waals surface area contributed by atoms with E-state index in [1.54, 1.807) is 0 Å². The summed E-state index contributed by atoms with van der Waals surface area (Å²) in [6.07, 6.45) is -4.94. The summed E-state index contributed by atoms with van der Waals surface area (Å²) >= 11 is -3.42. The summed E-state index contributed by atoms with van der Waals surface area (Å²) in [6.45, 7) is -2.12. The summed E-state index contributed by atoms with van der Waals surface area (Å²) in [5.41, 5.74) is 0. The first-order chi connectivity index (χ1) is 9.04. The Balaban J connectivity index is 2.96. The van der Waals surface area contributed by atoms with Crippen LogP contribution in [0.5, 0.6) is 5.75 Å². The molecule has 12 heteroatoms. The van der Waals surface area contributed by atoms with Crippen molar-refractivity contribution in [3.63, 3.8) is 0 Å². The second-order valence-electron chi connectivity index (χ2n) is 3.06. The molecule has 0 heterocycles. The average Bonchev–Trinajstić information content (AvgIpc) is 2.36. The minimum Gasteiger partial charge on any atom is -0.373 e. The van der Waals surface area contributed by atoms with Crippen LogP contribution in [0.3, 0.4) is 0 Å². The molecule has 1 atom stereocenters. The fraction of sp³-hybridized carbons (Fsp3) is 0.250. The molecule has 3 nitrogen and oxygen atoms in total. The molecule has 1 rings (SSSR count). The first kappa shape index (κ1) is 16.6. The van der Waals surface area contributed by atoms with Crippen LogP contribution < -0.4 is 4.18 Å². The maximum atomic E-state index is 13.0. The molecule has 0 aliphatic heterocycles. The molecular formula is C8H2F8O3S. The lowest BCUT2D eigenvalue weighted by atomic mass is 10.3. The van der Waals surface area contributed by atoms with Gasteiger partial charge < -0.3 is 4.18 Å². The maximum absolute atomic E-state index is 13.0. The highest BCUT2D eigenvalue weighted by Crippen LogP contribution is 2.29. The lowest BCUT2D eigenvalue weighted by Gasteiger charge is -2.09. The van der Waals surface area contributed by atoms with Crippen LogP contribution in [-0.2, 0) is 15.5 Å². The van der Waals surface area contributed by atoms with Crippen LogP contribution in [0.4, 0.5) is 35.1 Å². The number of rotatable bonds is 4. The molecule has 0 N–H and O–H groups in total. The van der Waals surface area contributed by atoms with E-state index in [0.29, 0.717) is 0 Å². The zero-order valence-electron chi connectivity index (χ0n) is 8.86. The third-order valence-corrected chi connectivity index (χ3v) is 2.25. The van der Waals surface area contributed by atoms with Gasteiger partial charge in [0, 0.05) is 0 Å². The standard InChI is InChI=1S/C8H2F8O3S/c9-2-3(10)5(12)7(6(13)4(2)11)19-20(17)18-1-8(14,15)16/h1H2. The lowest BCUT2D eigenvalue weighted by Crippen LogP contribution is -2.20. The van der Waals surface area contributed by atoms with Crippen LogP contribution in [0, 0.1) is 29.1 Å². The molecule has 0 aliphatic carbocycles. The fourth-order valence-corrected chi connectivity index (χ4v) is 1.43. The molecule has 1 aromatic rings. The molecule has 1 aromatic carbocycles. The van der Waals surface area contributed by atoms with E-state index in [1.165, 1.54) is 0 Å². The average molecular weight is 330 g/mol. The normalized spacial score (nSPS) is 13.4. The Morgan fingerprint density at radius 1 is 0.850 bits per heavy atom. The van der Waals surface area contributed by atoms with Crippen molar-refractivity contribution in [2.24, 2.45) is 0 Å². The van der Waals surface area contributed by atoms with E-state index >= 15 is 0 Å². The molecule has 0 aliphatic rings. The molecule has 0 aromatic heterocycles. The SMILES string of the molecule is O=S(OCC(F)(F)F)Oc1c(F)c(F)c(F)c(F)c1F. The summed E-state index contributed by atoms with van der Waals surface area (Å²) in [5, 5.41) is 0. The van der Waals surface area contributed by atoms with Gasteiger partial charge in [-0.15, -0.1) is 0 Å². The largest absolute Gasteiger partial charge is 0.413 e. The highest BCUT2D eigenvalue weighted by molar-refractivity contribution is 7.75. The number of benzene rings is 1. The predicted molar refractivity (Wildman–Crippen MR) is 47.0 cm³/mol. The van der Waals surface area contributed by atoms with Crippen molar-refractivity contribution in [3.05, 3.63) is 29.1 Å². The predicted octanol–water partition coefficient (Wildman–Crippen LogP) is 2.92.